The highest BCUT2D eigenvalue weighted by atomic mass is 16.5. The van der Waals surface area contributed by atoms with E-state index in [9.17, 15) is 4.79 Å². The van der Waals surface area contributed by atoms with E-state index < -0.39 is 0 Å². The van der Waals surface area contributed by atoms with Crippen molar-refractivity contribution in [1.82, 2.24) is 30.0 Å². The van der Waals surface area contributed by atoms with E-state index in [1.165, 1.54) is 6.26 Å². The quantitative estimate of drug-likeness (QED) is 0.714. The van der Waals surface area contributed by atoms with Crippen molar-refractivity contribution < 1.29 is 13.7 Å². The van der Waals surface area contributed by atoms with Gasteiger partial charge in [0.05, 0.1) is 18.5 Å². The molecule has 128 valence electrons. The molecule has 4 heterocycles. The van der Waals surface area contributed by atoms with E-state index in [0.717, 1.165) is 25.1 Å². The first kappa shape index (κ1) is 14.4. The second kappa shape index (κ2) is 5.54. The lowest BCUT2D eigenvalue weighted by Crippen LogP contribution is -2.28. The summed E-state index contributed by atoms with van der Waals surface area (Å²) in [6, 6.07) is 3.46. The highest BCUT2D eigenvalue weighted by Gasteiger charge is 2.31. The maximum Gasteiger partial charge on any atom is 0.289 e. The molecule has 0 N–H and O–H groups in total. The minimum absolute atomic E-state index is 0.0750. The Labute approximate surface area is 142 Å². The molecule has 2 fully saturated rings. The lowest BCUT2D eigenvalue weighted by Gasteiger charge is -2.14. The molecule has 0 bridgehead atoms. The van der Waals surface area contributed by atoms with E-state index in [-0.39, 0.29) is 11.9 Å². The van der Waals surface area contributed by atoms with Gasteiger partial charge in [-0.2, -0.15) is 4.98 Å². The van der Waals surface area contributed by atoms with Crippen LogP contribution in [0.5, 0.6) is 0 Å². The maximum atomic E-state index is 12.3. The van der Waals surface area contributed by atoms with Crippen molar-refractivity contribution in [3.05, 3.63) is 36.2 Å². The van der Waals surface area contributed by atoms with E-state index in [1.807, 2.05) is 0 Å². The van der Waals surface area contributed by atoms with Gasteiger partial charge in [-0.15, -0.1) is 5.10 Å². The molecule has 9 nitrogen and oxygen atoms in total. The Hall–Kier alpha value is -2.97. The van der Waals surface area contributed by atoms with Gasteiger partial charge in [-0.05, 0) is 31.4 Å². The predicted molar refractivity (Wildman–Crippen MR) is 83.6 cm³/mol. The summed E-state index contributed by atoms with van der Waals surface area (Å²) in [7, 11) is 0. The normalized spacial score (nSPS) is 20.3. The van der Waals surface area contributed by atoms with Crippen LogP contribution in [0.25, 0.3) is 11.6 Å². The lowest BCUT2D eigenvalue weighted by atomic mass is 10.3. The molecule has 1 amide bonds. The molecule has 5 rings (SSSR count). The Bertz CT molecular complexity index is 895. The molecule has 3 aromatic rings. The molecular formula is C16H16N6O3. The summed E-state index contributed by atoms with van der Waals surface area (Å²) in [5.74, 6) is 1.84. The number of hydrogen-bond donors (Lipinski definition) is 0. The Morgan fingerprint density at radius 2 is 2.20 bits per heavy atom. The smallest absolute Gasteiger partial charge is 0.289 e. The zero-order valence-electron chi connectivity index (χ0n) is 13.4. The van der Waals surface area contributed by atoms with Crippen molar-refractivity contribution in [2.75, 3.05) is 13.1 Å². The van der Waals surface area contributed by atoms with Gasteiger partial charge in [-0.25, -0.2) is 4.68 Å². The predicted octanol–water partition coefficient (Wildman–Crippen LogP) is 1.89. The van der Waals surface area contributed by atoms with Crippen LogP contribution in [0.1, 0.15) is 47.6 Å². The average Bonchev–Trinajstić information content (AvgIpc) is 3.16. The Morgan fingerprint density at radius 1 is 1.28 bits per heavy atom. The number of likely N-dealkylation sites (tertiary alicyclic amines) is 1. The van der Waals surface area contributed by atoms with Gasteiger partial charge in [0.15, 0.2) is 17.3 Å². The first-order valence-corrected chi connectivity index (χ1v) is 8.36. The van der Waals surface area contributed by atoms with Crippen LogP contribution in [0.4, 0.5) is 0 Å². The highest BCUT2D eigenvalue weighted by molar-refractivity contribution is 5.91. The van der Waals surface area contributed by atoms with Crippen LogP contribution in [0.2, 0.25) is 0 Å². The number of hydrogen-bond acceptors (Lipinski definition) is 7. The lowest BCUT2D eigenvalue weighted by molar-refractivity contribution is 0.0755. The molecule has 25 heavy (non-hydrogen) atoms. The van der Waals surface area contributed by atoms with Crippen molar-refractivity contribution in [1.29, 1.82) is 0 Å². The minimum atomic E-state index is -0.0983. The highest BCUT2D eigenvalue weighted by Crippen LogP contribution is 2.38. The third kappa shape index (κ3) is 2.61. The molecule has 1 saturated carbocycles. The van der Waals surface area contributed by atoms with Gasteiger partial charge in [0.25, 0.3) is 11.8 Å². The summed E-state index contributed by atoms with van der Waals surface area (Å²) >= 11 is 0. The summed E-state index contributed by atoms with van der Waals surface area (Å²) in [5.41, 5.74) is 0.565. The molecule has 0 spiro atoms. The summed E-state index contributed by atoms with van der Waals surface area (Å²) in [6.45, 7) is 1.23. The Morgan fingerprint density at radius 3 is 3.00 bits per heavy atom. The van der Waals surface area contributed by atoms with Crippen LogP contribution in [0.15, 0.2) is 33.5 Å². The van der Waals surface area contributed by atoms with Crippen LogP contribution in [-0.2, 0) is 0 Å². The van der Waals surface area contributed by atoms with Crippen LogP contribution in [-0.4, -0.2) is 49.0 Å². The van der Waals surface area contributed by atoms with Gasteiger partial charge in [-0.3, -0.25) is 4.79 Å². The average molecular weight is 340 g/mol. The molecule has 0 aromatic carbocycles. The summed E-state index contributed by atoms with van der Waals surface area (Å²) in [5, 5.41) is 12.3. The molecular weight excluding hydrogens is 324 g/mol. The number of furan rings is 1. The molecule has 1 aliphatic heterocycles. The van der Waals surface area contributed by atoms with E-state index in [1.54, 1.807) is 27.9 Å². The molecule has 3 aromatic heterocycles. The van der Waals surface area contributed by atoms with E-state index in [4.69, 9.17) is 8.94 Å². The SMILES string of the molecule is O=C(c1ccco1)N1CC[C@@H](n2cc(-c3nc(C4CC4)no3)nn2)C1. The van der Waals surface area contributed by atoms with Crippen LogP contribution in [0, 0.1) is 0 Å². The Balaban J connectivity index is 1.29. The topological polar surface area (TPSA) is 103 Å². The van der Waals surface area contributed by atoms with Crippen molar-refractivity contribution in [2.24, 2.45) is 0 Å². The van der Waals surface area contributed by atoms with Crippen molar-refractivity contribution >= 4 is 5.91 Å². The summed E-state index contributed by atoms with van der Waals surface area (Å²) < 4.78 is 12.2. The van der Waals surface area contributed by atoms with E-state index in [0.29, 0.717) is 36.4 Å². The van der Waals surface area contributed by atoms with Gasteiger partial charge in [0, 0.05) is 19.0 Å². The van der Waals surface area contributed by atoms with Crippen LogP contribution < -0.4 is 0 Å². The van der Waals surface area contributed by atoms with Crippen LogP contribution in [0.3, 0.4) is 0 Å². The Kier molecular flexibility index (Phi) is 3.19. The van der Waals surface area contributed by atoms with Gasteiger partial charge in [-0.1, -0.05) is 10.4 Å². The van der Waals surface area contributed by atoms with Crippen LogP contribution >= 0.6 is 0 Å². The molecule has 1 atom stereocenters. The van der Waals surface area contributed by atoms with Gasteiger partial charge in [0.2, 0.25) is 0 Å². The second-order valence-electron chi connectivity index (χ2n) is 6.49. The van der Waals surface area contributed by atoms with Crippen molar-refractivity contribution in [3.8, 4) is 11.6 Å². The largest absolute Gasteiger partial charge is 0.459 e. The van der Waals surface area contributed by atoms with E-state index in [2.05, 4.69) is 20.5 Å². The standard InChI is InChI=1S/C16H16N6O3/c23-16(13-2-1-7-24-13)21-6-5-11(8-21)22-9-12(18-20-22)15-17-14(19-25-15)10-3-4-10/h1-2,7,9-11H,3-6,8H2/t11-/m1/s1. The third-order valence-corrected chi connectivity index (χ3v) is 4.67. The summed E-state index contributed by atoms with van der Waals surface area (Å²) in [6.07, 6.45) is 6.35. The van der Waals surface area contributed by atoms with Gasteiger partial charge in [0.1, 0.15) is 0 Å². The van der Waals surface area contributed by atoms with Gasteiger partial charge < -0.3 is 13.8 Å². The second-order valence-corrected chi connectivity index (χ2v) is 6.49. The number of nitrogens with zero attached hydrogens (tertiary/aromatic N) is 6. The minimum Gasteiger partial charge on any atom is -0.459 e. The molecule has 0 unspecified atom stereocenters. The van der Waals surface area contributed by atoms with Gasteiger partial charge >= 0.3 is 0 Å². The number of carbonyl (C=O) groups excluding carboxylic acids is 1. The third-order valence-electron chi connectivity index (χ3n) is 4.67. The molecule has 1 aliphatic carbocycles. The molecule has 2 aliphatic rings. The monoisotopic (exact) mass is 340 g/mol. The first-order chi connectivity index (χ1) is 12.3. The number of aromatic nitrogens is 5. The fraction of sp³-hybridized carbons (Fsp3) is 0.438. The molecule has 1 saturated heterocycles. The van der Waals surface area contributed by atoms with Crippen molar-refractivity contribution in [2.45, 2.75) is 31.2 Å². The maximum absolute atomic E-state index is 12.3. The van der Waals surface area contributed by atoms with E-state index >= 15 is 0 Å². The number of amides is 1. The first-order valence-electron chi connectivity index (χ1n) is 8.36. The zero-order chi connectivity index (χ0) is 16.8. The van der Waals surface area contributed by atoms with Crippen molar-refractivity contribution in [3.63, 3.8) is 0 Å². The molecule has 9 heteroatoms. The number of rotatable bonds is 4. The molecule has 0 radical (unpaired) electrons. The summed E-state index contributed by atoms with van der Waals surface area (Å²) in [4.78, 5) is 18.5. The fourth-order valence-corrected chi connectivity index (χ4v) is 3.10. The number of carbonyl (C=O) groups is 1. The fourth-order valence-electron chi connectivity index (χ4n) is 3.10. The zero-order valence-corrected chi connectivity index (χ0v) is 13.4.